The van der Waals surface area contributed by atoms with Crippen molar-refractivity contribution in [3.05, 3.63) is 65.8 Å². The van der Waals surface area contributed by atoms with E-state index in [-0.39, 0.29) is 0 Å². The van der Waals surface area contributed by atoms with Crippen LogP contribution in [-0.4, -0.2) is 21.1 Å². The van der Waals surface area contributed by atoms with Gasteiger partial charge in [-0.05, 0) is 23.3 Å². The van der Waals surface area contributed by atoms with E-state index in [4.69, 9.17) is 6.57 Å². The summed E-state index contributed by atoms with van der Waals surface area (Å²) in [7, 11) is 1.85. The van der Waals surface area contributed by atoms with E-state index in [1.54, 1.807) is 29.1 Å². The number of aromatic nitrogens is 3. The molecule has 3 rings (SSSR count). The lowest BCUT2D eigenvalue weighted by molar-refractivity contribution is 0.112. The predicted octanol–water partition coefficient (Wildman–Crippen LogP) is 3.51. The first-order valence-corrected chi connectivity index (χ1v) is 6.64. The molecule has 0 spiro atoms. The molecule has 0 aliphatic carbocycles. The number of benzene rings is 2. The molecule has 0 unspecified atom stereocenters. The Morgan fingerprint density at radius 2 is 2.05 bits per heavy atom. The summed E-state index contributed by atoms with van der Waals surface area (Å²) in [4.78, 5) is 14.5. The Balaban J connectivity index is 2.25. The fourth-order valence-corrected chi connectivity index (χ4v) is 2.35. The van der Waals surface area contributed by atoms with Gasteiger partial charge in [0.2, 0.25) is 0 Å². The summed E-state index contributed by atoms with van der Waals surface area (Å²) in [6.45, 7) is 7.19. The van der Waals surface area contributed by atoms with Gasteiger partial charge in [-0.3, -0.25) is 4.79 Å². The average molecular weight is 288 g/mol. The first-order valence-electron chi connectivity index (χ1n) is 6.64. The second kappa shape index (κ2) is 5.62. The van der Waals surface area contributed by atoms with Crippen LogP contribution >= 0.6 is 0 Å². The Kier molecular flexibility index (Phi) is 3.50. The fourth-order valence-electron chi connectivity index (χ4n) is 2.35. The molecule has 0 aliphatic rings. The smallest absolute Gasteiger partial charge is 0.188 e. The molecule has 2 aromatic carbocycles. The molecule has 106 valence electrons. The van der Waals surface area contributed by atoms with Crippen molar-refractivity contribution in [1.29, 1.82) is 0 Å². The third kappa shape index (κ3) is 2.38. The maximum Gasteiger partial charge on any atom is 0.188 e. The minimum absolute atomic E-state index is 0.535. The second-order valence-electron chi connectivity index (χ2n) is 4.85. The number of rotatable bonds is 3. The van der Waals surface area contributed by atoms with Gasteiger partial charge >= 0.3 is 0 Å². The summed E-state index contributed by atoms with van der Waals surface area (Å²) in [5, 5.41) is 8.03. The standard InChI is InChI=1S/C17H12N4O/c1-18-14-6-7-15(13-5-3-4-12(8-13)10-22)16(9-14)17-20-19-11-21(17)2/h3-11H,2H3. The van der Waals surface area contributed by atoms with Gasteiger partial charge in [0.15, 0.2) is 11.5 Å². The maximum absolute atomic E-state index is 11.0. The van der Waals surface area contributed by atoms with E-state index in [2.05, 4.69) is 15.0 Å². The molecular formula is C17H12N4O. The van der Waals surface area contributed by atoms with Crippen LogP contribution in [0.15, 0.2) is 48.8 Å². The van der Waals surface area contributed by atoms with Crippen LogP contribution in [0.2, 0.25) is 0 Å². The molecule has 3 aromatic rings. The first kappa shape index (κ1) is 13.7. The van der Waals surface area contributed by atoms with Crippen molar-refractivity contribution >= 4 is 12.0 Å². The molecule has 1 aromatic heterocycles. The minimum Gasteiger partial charge on any atom is -0.317 e. The van der Waals surface area contributed by atoms with Crippen LogP contribution in [0.4, 0.5) is 5.69 Å². The molecular weight excluding hydrogens is 276 g/mol. The number of carbonyl (C=O) groups excluding carboxylic acids is 1. The van der Waals surface area contributed by atoms with Crippen molar-refractivity contribution in [3.63, 3.8) is 0 Å². The SMILES string of the molecule is [C-]#[N+]c1ccc(-c2cccc(C=O)c2)c(-c2nncn2C)c1. The Labute approximate surface area is 127 Å². The Morgan fingerprint density at radius 3 is 2.73 bits per heavy atom. The van der Waals surface area contributed by atoms with Gasteiger partial charge in [-0.25, -0.2) is 4.85 Å². The van der Waals surface area contributed by atoms with E-state index < -0.39 is 0 Å². The van der Waals surface area contributed by atoms with Crippen molar-refractivity contribution < 1.29 is 4.79 Å². The number of nitrogens with zero attached hydrogens (tertiary/aromatic N) is 4. The quantitative estimate of drug-likeness (QED) is 0.547. The van der Waals surface area contributed by atoms with Crippen LogP contribution in [0.3, 0.4) is 0 Å². The third-order valence-corrected chi connectivity index (χ3v) is 3.42. The number of aryl methyl sites for hydroxylation is 1. The van der Waals surface area contributed by atoms with E-state index in [0.717, 1.165) is 23.0 Å². The third-order valence-electron chi connectivity index (χ3n) is 3.42. The van der Waals surface area contributed by atoms with Gasteiger partial charge in [-0.15, -0.1) is 10.2 Å². The number of carbonyl (C=O) groups is 1. The fraction of sp³-hybridized carbons (Fsp3) is 0.0588. The zero-order valence-corrected chi connectivity index (χ0v) is 11.9. The maximum atomic E-state index is 11.0. The van der Waals surface area contributed by atoms with Gasteiger partial charge < -0.3 is 4.57 Å². The van der Waals surface area contributed by atoms with E-state index >= 15 is 0 Å². The highest BCUT2D eigenvalue weighted by Crippen LogP contribution is 2.34. The lowest BCUT2D eigenvalue weighted by Gasteiger charge is -2.10. The van der Waals surface area contributed by atoms with Crippen LogP contribution in [0.25, 0.3) is 27.4 Å². The lowest BCUT2D eigenvalue weighted by atomic mass is 9.97. The zero-order chi connectivity index (χ0) is 15.5. The molecule has 1 heterocycles. The molecule has 0 N–H and O–H groups in total. The van der Waals surface area contributed by atoms with Gasteiger partial charge in [0, 0.05) is 18.2 Å². The minimum atomic E-state index is 0.535. The molecule has 0 bridgehead atoms. The van der Waals surface area contributed by atoms with Crippen molar-refractivity contribution in [1.82, 2.24) is 14.8 Å². The highest BCUT2D eigenvalue weighted by atomic mass is 16.1. The molecule has 0 aliphatic heterocycles. The molecule has 0 saturated heterocycles. The van der Waals surface area contributed by atoms with Crippen LogP contribution in [0.1, 0.15) is 10.4 Å². The number of aldehydes is 1. The lowest BCUT2D eigenvalue weighted by Crippen LogP contribution is -1.94. The molecule has 0 fully saturated rings. The highest BCUT2D eigenvalue weighted by molar-refractivity contribution is 5.86. The van der Waals surface area contributed by atoms with Gasteiger partial charge in [0.25, 0.3) is 0 Å². The highest BCUT2D eigenvalue weighted by Gasteiger charge is 2.13. The summed E-state index contributed by atoms with van der Waals surface area (Å²) in [5.74, 6) is 0.678. The largest absolute Gasteiger partial charge is 0.317 e. The van der Waals surface area contributed by atoms with Gasteiger partial charge in [0.1, 0.15) is 12.6 Å². The summed E-state index contributed by atoms with van der Waals surface area (Å²) in [5.41, 5.74) is 3.77. The van der Waals surface area contributed by atoms with Gasteiger partial charge in [0.05, 0.1) is 6.57 Å². The monoisotopic (exact) mass is 288 g/mol. The summed E-state index contributed by atoms with van der Waals surface area (Å²) in [6.07, 6.45) is 2.43. The average Bonchev–Trinajstić information content (AvgIpc) is 3.00. The molecule has 5 nitrogen and oxygen atoms in total. The predicted molar refractivity (Wildman–Crippen MR) is 83.5 cm³/mol. The van der Waals surface area contributed by atoms with Crippen LogP contribution < -0.4 is 0 Å². The Bertz CT molecular complexity index is 890. The number of hydrogen-bond acceptors (Lipinski definition) is 3. The molecule has 0 atom stereocenters. The van der Waals surface area contributed by atoms with Crippen molar-refractivity contribution in [2.75, 3.05) is 0 Å². The first-order chi connectivity index (χ1) is 10.7. The number of hydrogen-bond donors (Lipinski definition) is 0. The van der Waals surface area contributed by atoms with Crippen LogP contribution in [-0.2, 0) is 7.05 Å². The van der Waals surface area contributed by atoms with Crippen LogP contribution in [0.5, 0.6) is 0 Å². The summed E-state index contributed by atoms with van der Waals surface area (Å²) in [6, 6.07) is 12.8. The van der Waals surface area contributed by atoms with Gasteiger partial charge in [-0.2, -0.15) is 0 Å². The molecule has 5 heteroatoms. The Morgan fingerprint density at radius 1 is 1.18 bits per heavy atom. The van der Waals surface area contributed by atoms with Gasteiger partial charge in [-0.1, -0.05) is 30.3 Å². The van der Waals surface area contributed by atoms with Crippen molar-refractivity contribution in [2.24, 2.45) is 7.05 Å². The van der Waals surface area contributed by atoms with E-state index in [1.165, 1.54) is 0 Å². The van der Waals surface area contributed by atoms with E-state index in [9.17, 15) is 4.79 Å². The molecule has 22 heavy (non-hydrogen) atoms. The molecule has 0 amide bonds. The van der Waals surface area contributed by atoms with E-state index in [1.807, 2.05) is 31.3 Å². The zero-order valence-electron chi connectivity index (χ0n) is 11.9. The van der Waals surface area contributed by atoms with E-state index in [0.29, 0.717) is 17.1 Å². The normalized spacial score (nSPS) is 10.2. The summed E-state index contributed by atoms with van der Waals surface area (Å²) >= 11 is 0. The van der Waals surface area contributed by atoms with Crippen molar-refractivity contribution in [3.8, 4) is 22.5 Å². The topological polar surface area (TPSA) is 52.1 Å². The Hall–Kier alpha value is -3.26. The van der Waals surface area contributed by atoms with Crippen LogP contribution in [0, 0.1) is 6.57 Å². The molecule has 0 radical (unpaired) electrons. The summed E-state index contributed by atoms with van der Waals surface area (Å²) < 4.78 is 1.80. The second-order valence-corrected chi connectivity index (χ2v) is 4.85. The molecule has 0 saturated carbocycles. The van der Waals surface area contributed by atoms with Crippen molar-refractivity contribution in [2.45, 2.75) is 0 Å².